The molecule has 0 bridgehead atoms. The second-order valence-corrected chi connectivity index (χ2v) is 6.59. The molecule has 2 N–H and O–H groups in total. The zero-order valence-corrected chi connectivity index (χ0v) is 14.8. The van der Waals surface area contributed by atoms with Crippen molar-refractivity contribution in [2.45, 2.75) is 26.0 Å². The van der Waals surface area contributed by atoms with Crippen LogP contribution in [0.2, 0.25) is 0 Å². The van der Waals surface area contributed by atoms with Gasteiger partial charge in [-0.15, -0.1) is 0 Å². The Morgan fingerprint density at radius 1 is 1.27 bits per heavy atom. The predicted molar refractivity (Wildman–Crippen MR) is 98.6 cm³/mol. The third-order valence-corrected chi connectivity index (χ3v) is 4.56. The lowest BCUT2D eigenvalue weighted by atomic mass is 9.99. The molecule has 3 rings (SSSR count). The third kappa shape index (κ3) is 5.20. The van der Waals surface area contributed by atoms with Crippen molar-refractivity contribution in [2.75, 3.05) is 19.7 Å². The fourth-order valence-corrected chi connectivity index (χ4v) is 3.04. The lowest BCUT2D eigenvalue weighted by Crippen LogP contribution is -2.45. The van der Waals surface area contributed by atoms with E-state index in [-0.39, 0.29) is 18.6 Å². The highest BCUT2D eigenvalue weighted by Crippen LogP contribution is 2.16. The van der Waals surface area contributed by atoms with Crippen molar-refractivity contribution < 1.29 is 14.6 Å². The Labute approximate surface area is 153 Å². The Kier molecular flexibility index (Phi) is 6.44. The van der Waals surface area contributed by atoms with Crippen molar-refractivity contribution in [3.8, 4) is 5.75 Å². The van der Waals surface area contributed by atoms with E-state index >= 15 is 0 Å². The first-order valence-electron chi connectivity index (χ1n) is 8.99. The highest BCUT2D eigenvalue weighted by molar-refractivity contribution is 5.74. The van der Waals surface area contributed by atoms with E-state index in [1.165, 1.54) is 0 Å². The number of urea groups is 1. The summed E-state index contributed by atoms with van der Waals surface area (Å²) in [6.07, 6.45) is 5.45. The first-order chi connectivity index (χ1) is 12.7. The normalized spacial score (nSPS) is 17.0. The quantitative estimate of drug-likeness (QED) is 0.835. The van der Waals surface area contributed by atoms with Gasteiger partial charge in [0.2, 0.25) is 0 Å². The Morgan fingerprint density at radius 3 is 2.85 bits per heavy atom. The van der Waals surface area contributed by atoms with E-state index in [4.69, 9.17) is 4.74 Å². The van der Waals surface area contributed by atoms with Gasteiger partial charge >= 0.3 is 6.03 Å². The van der Waals surface area contributed by atoms with Crippen LogP contribution in [0.5, 0.6) is 5.75 Å². The molecular weight excluding hydrogens is 330 g/mol. The van der Waals surface area contributed by atoms with Crippen LogP contribution in [0.3, 0.4) is 0 Å². The molecule has 1 saturated heterocycles. The largest absolute Gasteiger partial charge is 0.489 e. The van der Waals surface area contributed by atoms with Gasteiger partial charge in [-0.05, 0) is 42.5 Å². The smallest absolute Gasteiger partial charge is 0.317 e. The van der Waals surface area contributed by atoms with Crippen LogP contribution in [0.4, 0.5) is 4.79 Å². The molecule has 1 atom stereocenters. The lowest BCUT2D eigenvalue weighted by Gasteiger charge is -2.31. The Balaban J connectivity index is 1.44. The van der Waals surface area contributed by atoms with E-state index in [0.29, 0.717) is 19.7 Å². The zero-order chi connectivity index (χ0) is 18.2. The molecule has 0 radical (unpaired) electrons. The number of hydrogen-bond donors (Lipinski definition) is 2. The number of carbonyl (C=O) groups is 1. The van der Waals surface area contributed by atoms with Gasteiger partial charge in [-0.2, -0.15) is 0 Å². The summed E-state index contributed by atoms with van der Waals surface area (Å²) in [5, 5.41) is 12.2. The van der Waals surface area contributed by atoms with Crippen LogP contribution in [0, 0.1) is 5.92 Å². The Bertz CT molecular complexity index is 691. The maximum absolute atomic E-state index is 12.3. The average Bonchev–Trinajstić information content (AvgIpc) is 2.72. The number of likely N-dealkylation sites (tertiary alicyclic amines) is 1. The van der Waals surface area contributed by atoms with Crippen LogP contribution in [-0.4, -0.2) is 40.7 Å². The minimum atomic E-state index is -0.0694. The number of nitrogens with one attached hydrogen (secondary N) is 1. The second-order valence-electron chi connectivity index (χ2n) is 6.59. The molecule has 138 valence electrons. The maximum atomic E-state index is 12.3. The number of aromatic nitrogens is 1. The molecule has 1 aliphatic heterocycles. The summed E-state index contributed by atoms with van der Waals surface area (Å²) in [5.74, 6) is 0.983. The summed E-state index contributed by atoms with van der Waals surface area (Å²) >= 11 is 0. The molecule has 1 aromatic heterocycles. The molecule has 2 heterocycles. The lowest BCUT2D eigenvalue weighted by molar-refractivity contribution is 0.129. The molecule has 1 unspecified atom stereocenters. The number of aliphatic hydroxyl groups is 1. The SMILES string of the molecule is O=C(NCc1ccc(OCc2cccnc2)cc1)N1CCCC(CO)C1. The second kappa shape index (κ2) is 9.20. The molecule has 0 spiro atoms. The number of benzene rings is 1. The average molecular weight is 355 g/mol. The number of aliphatic hydroxyl groups excluding tert-OH is 1. The van der Waals surface area contributed by atoms with E-state index in [1.54, 1.807) is 17.3 Å². The minimum Gasteiger partial charge on any atom is -0.489 e. The van der Waals surface area contributed by atoms with Crippen LogP contribution in [0.1, 0.15) is 24.0 Å². The number of ether oxygens (including phenoxy) is 1. The fraction of sp³-hybridized carbons (Fsp3) is 0.400. The van der Waals surface area contributed by atoms with Crippen molar-refractivity contribution in [3.63, 3.8) is 0 Å². The van der Waals surface area contributed by atoms with E-state index in [1.807, 2.05) is 36.4 Å². The first kappa shape index (κ1) is 18.2. The van der Waals surface area contributed by atoms with Crippen LogP contribution < -0.4 is 10.1 Å². The van der Waals surface area contributed by atoms with Crippen molar-refractivity contribution >= 4 is 6.03 Å². The van der Waals surface area contributed by atoms with Crippen LogP contribution in [-0.2, 0) is 13.2 Å². The van der Waals surface area contributed by atoms with Gasteiger partial charge in [0.1, 0.15) is 12.4 Å². The van der Waals surface area contributed by atoms with Crippen LogP contribution >= 0.6 is 0 Å². The molecule has 6 heteroatoms. The third-order valence-electron chi connectivity index (χ3n) is 4.56. The number of nitrogens with zero attached hydrogens (tertiary/aromatic N) is 2. The fourth-order valence-electron chi connectivity index (χ4n) is 3.04. The van der Waals surface area contributed by atoms with Crippen LogP contribution in [0.25, 0.3) is 0 Å². The monoisotopic (exact) mass is 355 g/mol. The van der Waals surface area contributed by atoms with Crippen molar-refractivity contribution in [1.29, 1.82) is 0 Å². The molecule has 2 aromatic rings. The highest BCUT2D eigenvalue weighted by atomic mass is 16.5. The summed E-state index contributed by atoms with van der Waals surface area (Å²) in [6, 6.07) is 11.5. The van der Waals surface area contributed by atoms with Gasteiger partial charge in [0.25, 0.3) is 0 Å². The highest BCUT2D eigenvalue weighted by Gasteiger charge is 2.22. The number of rotatable bonds is 6. The predicted octanol–water partition coefficient (Wildman–Crippen LogP) is 2.57. The van der Waals surface area contributed by atoms with Crippen molar-refractivity contribution in [1.82, 2.24) is 15.2 Å². The van der Waals surface area contributed by atoms with E-state index in [9.17, 15) is 9.90 Å². The number of piperidine rings is 1. The first-order valence-corrected chi connectivity index (χ1v) is 8.99. The van der Waals surface area contributed by atoms with E-state index in [0.717, 1.165) is 36.3 Å². The van der Waals surface area contributed by atoms with Gasteiger partial charge < -0.3 is 20.1 Å². The van der Waals surface area contributed by atoms with Crippen LogP contribution in [0.15, 0.2) is 48.8 Å². The molecule has 1 aromatic carbocycles. The summed E-state index contributed by atoms with van der Waals surface area (Å²) < 4.78 is 5.73. The Hall–Kier alpha value is -2.60. The van der Waals surface area contributed by atoms with Crippen molar-refractivity contribution in [2.24, 2.45) is 5.92 Å². The molecule has 1 fully saturated rings. The molecule has 26 heavy (non-hydrogen) atoms. The van der Waals surface area contributed by atoms with Gasteiger partial charge in [-0.25, -0.2) is 4.79 Å². The zero-order valence-electron chi connectivity index (χ0n) is 14.8. The standard InChI is InChI=1S/C20H25N3O3/c24-14-18-4-2-10-23(13-18)20(25)22-12-16-5-7-19(8-6-16)26-15-17-3-1-9-21-11-17/h1,3,5-9,11,18,24H,2,4,10,12-15H2,(H,22,25). The topological polar surface area (TPSA) is 74.7 Å². The van der Waals surface area contributed by atoms with Gasteiger partial charge in [0, 0.05) is 44.2 Å². The molecule has 0 aliphatic carbocycles. The number of hydrogen-bond acceptors (Lipinski definition) is 4. The van der Waals surface area contributed by atoms with Gasteiger partial charge in [-0.1, -0.05) is 18.2 Å². The Morgan fingerprint density at radius 2 is 2.12 bits per heavy atom. The number of carbonyl (C=O) groups excluding carboxylic acids is 1. The molecule has 2 amide bonds. The number of pyridine rings is 1. The van der Waals surface area contributed by atoms with Gasteiger partial charge in [0.15, 0.2) is 0 Å². The molecular formula is C20H25N3O3. The van der Waals surface area contributed by atoms with Gasteiger partial charge in [-0.3, -0.25) is 4.98 Å². The number of amides is 2. The summed E-state index contributed by atoms with van der Waals surface area (Å²) in [4.78, 5) is 18.1. The minimum absolute atomic E-state index is 0.0694. The summed E-state index contributed by atoms with van der Waals surface area (Å²) in [6.45, 7) is 2.48. The van der Waals surface area contributed by atoms with E-state index in [2.05, 4.69) is 10.3 Å². The summed E-state index contributed by atoms with van der Waals surface area (Å²) in [7, 11) is 0. The molecule has 1 aliphatic rings. The van der Waals surface area contributed by atoms with E-state index < -0.39 is 0 Å². The molecule has 0 saturated carbocycles. The maximum Gasteiger partial charge on any atom is 0.317 e. The summed E-state index contributed by atoms with van der Waals surface area (Å²) in [5.41, 5.74) is 2.04. The van der Waals surface area contributed by atoms with Gasteiger partial charge in [0.05, 0.1) is 0 Å². The van der Waals surface area contributed by atoms with Crippen molar-refractivity contribution in [3.05, 3.63) is 59.9 Å². The molecule has 6 nitrogen and oxygen atoms in total.